The third-order valence-electron chi connectivity index (χ3n) is 3.84. The van der Waals surface area contributed by atoms with E-state index in [0.29, 0.717) is 12.5 Å². The van der Waals surface area contributed by atoms with Crippen molar-refractivity contribution >= 4 is 29.9 Å². The molecule has 120 valence electrons. The molecular weight excluding hydrogens is 379 g/mol. The van der Waals surface area contributed by atoms with Crippen molar-refractivity contribution in [2.75, 3.05) is 33.2 Å². The number of hydrogen-bond acceptors (Lipinski definition) is 3. The van der Waals surface area contributed by atoms with E-state index >= 15 is 0 Å². The van der Waals surface area contributed by atoms with Gasteiger partial charge in [-0.05, 0) is 44.0 Å². The average molecular weight is 406 g/mol. The number of nitrogens with one attached hydrogen (secondary N) is 2. The standard InChI is InChI=1S/C15H26N4O.HI/c1-3-19-8-4-6-13(12-19)10-17-15(16-2)18-11-14-7-5-9-20-14;/h5,7,9,13H,3-4,6,8,10-12H2,1-2H3,(H2,16,17,18);1H. The highest BCUT2D eigenvalue weighted by Crippen LogP contribution is 2.15. The lowest BCUT2D eigenvalue weighted by molar-refractivity contribution is 0.183. The Morgan fingerprint density at radius 2 is 2.33 bits per heavy atom. The number of piperidine rings is 1. The number of likely N-dealkylation sites (tertiary alicyclic amines) is 1. The predicted octanol–water partition coefficient (Wildman–Crippen LogP) is 2.29. The maximum atomic E-state index is 5.30. The zero-order chi connectivity index (χ0) is 14.2. The van der Waals surface area contributed by atoms with Crippen molar-refractivity contribution < 1.29 is 4.42 Å². The molecule has 1 atom stereocenters. The van der Waals surface area contributed by atoms with E-state index in [-0.39, 0.29) is 24.0 Å². The van der Waals surface area contributed by atoms with Crippen molar-refractivity contribution in [2.45, 2.75) is 26.3 Å². The van der Waals surface area contributed by atoms with Gasteiger partial charge >= 0.3 is 0 Å². The lowest BCUT2D eigenvalue weighted by Gasteiger charge is -2.32. The Morgan fingerprint density at radius 3 is 3.00 bits per heavy atom. The summed E-state index contributed by atoms with van der Waals surface area (Å²) in [7, 11) is 1.80. The van der Waals surface area contributed by atoms with Gasteiger partial charge in [0.25, 0.3) is 0 Å². The lowest BCUT2D eigenvalue weighted by atomic mass is 9.98. The second-order valence-corrected chi connectivity index (χ2v) is 5.29. The van der Waals surface area contributed by atoms with Crippen LogP contribution in [0.5, 0.6) is 0 Å². The lowest BCUT2D eigenvalue weighted by Crippen LogP contribution is -2.44. The first kappa shape index (κ1) is 18.3. The molecule has 0 bridgehead atoms. The Hall–Kier alpha value is -0.760. The molecule has 21 heavy (non-hydrogen) atoms. The van der Waals surface area contributed by atoms with Crippen LogP contribution in [0.4, 0.5) is 0 Å². The number of halogens is 1. The minimum atomic E-state index is 0. The van der Waals surface area contributed by atoms with Crippen LogP contribution in [0.3, 0.4) is 0 Å². The molecule has 5 nitrogen and oxygen atoms in total. The van der Waals surface area contributed by atoms with Crippen molar-refractivity contribution in [2.24, 2.45) is 10.9 Å². The summed E-state index contributed by atoms with van der Waals surface area (Å²) in [5, 5.41) is 6.68. The van der Waals surface area contributed by atoms with E-state index in [4.69, 9.17) is 4.42 Å². The molecule has 2 heterocycles. The Kier molecular flexibility index (Phi) is 8.75. The molecule has 6 heteroatoms. The number of aliphatic imine (C=N–C) groups is 1. The van der Waals surface area contributed by atoms with E-state index in [2.05, 4.69) is 27.4 Å². The van der Waals surface area contributed by atoms with Gasteiger partial charge < -0.3 is 20.0 Å². The second-order valence-electron chi connectivity index (χ2n) is 5.29. The number of guanidine groups is 1. The number of furan rings is 1. The van der Waals surface area contributed by atoms with Crippen LogP contribution in [0.15, 0.2) is 27.8 Å². The fourth-order valence-electron chi connectivity index (χ4n) is 2.65. The van der Waals surface area contributed by atoms with E-state index in [0.717, 1.165) is 24.8 Å². The van der Waals surface area contributed by atoms with Gasteiger partial charge in [0.15, 0.2) is 5.96 Å². The number of hydrogen-bond donors (Lipinski definition) is 2. The Morgan fingerprint density at radius 1 is 1.48 bits per heavy atom. The smallest absolute Gasteiger partial charge is 0.191 e. The van der Waals surface area contributed by atoms with E-state index in [1.807, 2.05) is 12.1 Å². The molecule has 2 N–H and O–H groups in total. The van der Waals surface area contributed by atoms with Crippen molar-refractivity contribution in [3.05, 3.63) is 24.2 Å². The summed E-state index contributed by atoms with van der Waals surface area (Å²) >= 11 is 0. The zero-order valence-corrected chi connectivity index (χ0v) is 15.3. The fourth-order valence-corrected chi connectivity index (χ4v) is 2.65. The summed E-state index contributed by atoms with van der Waals surface area (Å²) in [5.74, 6) is 2.48. The molecule has 0 aliphatic carbocycles. The zero-order valence-electron chi connectivity index (χ0n) is 13.0. The first-order valence-corrected chi connectivity index (χ1v) is 7.51. The third-order valence-corrected chi connectivity index (χ3v) is 3.84. The summed E-state index contributed by atoms with van der Waals surface area (Å²) < 4.78 is 5.30. The predicted molar refractivity (Wildman–Crippen MR) is 97.2 cm³/mol. The van der Waals surface area contributed by atoms with Crippen molar-refractivity contribution in [1.82, 2.24) is 15.5 Å². The molecule has 0 radical (unpaired) electrons. The molecule has 1 aliphatic heterocycles. The van der Waals surface area contributed by atoms with Gasteiger partial charge in [-0.25, -0.2) is 0 Å². The largest absolute Gasteiger partial charge is 0.467 e. The highest BCUT2D eigenvalue weighted by molar-refractivity contribution is 14.0. The minimum Gasteiger partial charge on any atom is -0.467 e. The number of nitrogens with zero attached hydrogens (tertiary/aromatic N) is 2. The molecule has 0 spiro atoms. The van der Waals surface area contributed by atoms with E-state index in [9.17, 15) is 0 Å². The molecule has 0 aromatic carbocycles. The Balaban J connectivity index is 0.00000220. The first-order valence-electron chi connectivity index (χ1n) is 7.51. The SMILES string of the molecule is CCN1CCCC(CNC(=NC)NCc2ccco2)C1.I. The molecule has 0 amide bonds. The van der Waals surface area contributed by atoms with Crippen LogP contribution in [0, 0.1) is 5.92 Å². The monoisotopic (exact) mass is 406 g/mol. The summed E-state index contributed by atoms with van der Waals surface area (Å²) in [6.07, 6.45) is 4.30. The summed E-state index contributed by atoms with van der Waals surface area (Å²) in [4.78, 5) is 6.77. The van der Waals surface area contributed by atoms with Crippen LogP contribution in [-0.4, -0.2) is 44.1 Å². The normalized spacial score (nSPS) is 19.9. The molecule has 0 saturated carbocycles. The molecule has 1 aromatic rings. The van der Waals surface area contributed by atoms with E-state index in [1.54, 1.807) is 13.3 Å². The molecule has 1 saturated heterocycles. The fraction of sp³-hybridized carbons (Fsp3) is 0.667. The van der Waals surface area contributed by atoms with Gasteiger partial charge in [0, 0.05) is 20.1 Å². The maximum absolute atomic E-state index is 5.30. The molecule has 1 fully saturated rings. The molecule has 1 aromatic heterocycles. The summed E-state index contributed by atoms with van der Waals surface area (Å²) in [6.45, 7) is 7.48. The van der Waals surface area contributed by atoms with Gasteiger partial charge in [0.1, 0.15) is 5.76 Å². The van der Waals surface area contributed by atoms with Crippen molar-refractivity contribution in [3.8, 4) is 0 Å². The Bertz CT molecular complexity index is 408. The maximum Gasteiger partial charge on any atom is 0.191 e. The number of rotatable bonds is 5. The molecule has 2 rings (SSSR count). The van der Waals surface area contributed by atoms with Crippen LogP contribution in [-0.2, 0) is 6.54 Å². The highest BCUT2D eigenvalue weighted by Gasteiger charge is 2.18. The van der Waals surface area contributed by atoms with Crippen LogP contribution in [0.25, 0.3) is 0 Å². The van der Waals surface area contributed by atoms with Gasteiger partial charge in [-0.2, -0.15) is 0 Å². The van der Waals surface area contributed by atoms with Crippen molar-refractivity contribution in [3.63, 3.8) is 0 Å². The first-order chi connectivity index (χ1) is 9.81. The quantitative estimate of drug-likeness (QED) is 0.448. The second kappa shape index (κ2) is 10.0. The van der Waals surface area contributed by atoms with Gasteiger partial charge in [0.05, 0.1) is 12.8 Å². The average Bonchev–Trinajstić information content (AvgIpc) is 3.01. The topological polar surface area (TPSA) is 52.8 Å². The summed E-state index contributed by atoms with van der Waals surface area (Å²) in [5.41, 5.74) is 0. The molecule has 1 aliphatic rings. The third kappa shape index (κ3) is 6.25. The molecular formula is C15H27IN4O. The van der Waals surface area contributed by atoms with Crippen molar-refractivity contribution in [1.29, 1.82) is 0 Å². The van der Waals surface area contributed by atoms with Crippen LogP contribution >= 0.6 is 24.0 Å². The van der Waals surface area contributed by atoms with Crippen LogP contribution in [0.2, 0.25) is 0 Å². The van der Waals surface area contributed by atoms with E-state index in [1.165, 1.54) is 25.9 Å². The van der Waals surface area contributed by atoms with Gasteiger partial charge in [-0.3, -0.25) is 4.99 Å². The highest BCUT2D eigenvalue weighted by atomic mass is 127. The van der Waals surface area contributed by atoms with Gasteiger partial charge in [0.2, 0.25) is 0 Å². The van der Waals surface area contributed by atoms with E-state index < -0.39 is 0 Å². The minimum absolute atomic E-state index is 0. The van der Waals surface area contributed by atoms with Crippen LogP contribution in [0.1, 0.15) is 25.5 Å². The Labute approximate surface area is 144 Å². The summed E-state index contributed by atoms with van der Waals surface area (Å²) in [6, 6.07) is 3.86. The van der Waals surface area contributed by atoms with Gasteiger partial charge in [-0.15, -0.1) is 24.0 Å². The van der Waals surface area contributed by atoms with Crippen LogP contribution < -0.4 is 10.6 Å². The molecule has 1 unspecified atom stereocenters. The van der Waals surface area contributed by atoms with Gasteiger partial charge in [-0.1, -0.05) is 6.92 Å².